The maximum absolute atomic E-state index is 12.1. The zero-order chi connectivity index (χ0) is 17.0. The zero-order valence-electron chi connectivity index (χ0n) is 13.3. The number of esters is 1. The lowest BCUT2D eigenvalue weighted by Gasteiger charge is -2.10. The number of hydrogen-bond acceptors (Lipinski definition) is 4. The minimum absolute atomic E-state index is 0.119. The number of imidazole rings is 1. The minimum atomic E-state index is -0.519. The smallest absolute Gasteiger partial charge is 0.339 e. The fourth-order valence-corrected chi connectivity index (χ4v) is 2.25. The number of amides is 1. The van der Waals surface area contributed by atoms with Gasteiger partial charge in [0.1, 0.15) is 0 Å². The van der Waals surface area contributed by atoms with E-state index < -0.39 is 5.97 Å². The number of aromatic amines is 1. The van der Waals surface area contributed by atoms with Crippen molar-refractivity contribution in [1.82, 2.24) is 9.55 Å². The molecule has 0 atom stereocenters. The molecule has 23 heavy (non-hydrogen) atoms. The first kappa shape index (κ1) is 16.5. The summed E-state index contributed by atoms with van der Waals surface area (Å²) in [6.07, 6.45) is 0.119. The molecule has 0 aliphatic heterocycles. The fraction of sp³-hybridized carbons (Fsp3) is 0.312. The first-order valence-corrected chi connectivity index (χ1v) is 7.17. The molecule has 0 aliphatic carbocycles. The third-order valence-corrected chi connectivity index (χ3v) is 3.66. The monoisotopic (exact) mass is 317 g/mol. The predicted octanol–water partition coefficient (Wildman–Crippen LogP) is 1.61. The Kier molecular flexibility index (Phi) is 5.00. The van der Waals surface area contributed by atoms with Gasteiger partial charge >= 0.3 is 11.7 Å². The van der Waals surface area contributed by atoms with Crippen molar-refractivity contribution in [3.8, 4) is 0 Å². The van der Waals surface area contributed by atoms with E-state index in [2.05, 4.69) is 15.0 Å². The van der Waals surface area contributed by atoms with E-state index in [1.165, 1.54) is 11.7 Å². The van der Waals surface area contributed by atoms with Gasteiger partial charge in [-0.05, 0) is 26.0 Å². The summed E-state index contributed by atoms with van der Waals surface area (Å²) < 4.78 is 6.20. The Morgan fingerprint density at radius 3 is 2.57 bits per heavy atom. The molecular formula is C16H19N3O4. The molecule has 0 aliphatic rings. The highest BCUT2D eigenvalue weighted by Gasteiger charge is 2.14. The van der Waals surface area contributed by atoms with Crippen LogP contribution in [0.5, 0.6) is 0 Å². The SMILES string of the molecule is COC(=O)c1ccccc1NC(=O)CCn1c(C)c(C)[nH]c1=O. The van der Waals surface area contributed by atoms with E-state index in [1.54, 1.807) is 31.2 Å². The van der Waals surface area contributed by atoms with Crippen molar-refractivity contribution in [2.45, 2.75) is 26.8 Å². The van der Waals surface area contributed by atoms with Crippen LogP contribution < -0.4 is 11.0 Å². The van der Waals surface area contributed by atoms with E-state index in [9.17, 15) is 14.4 Å². The molecule has 0 radical (unpaired) electrons. The highest BCUT2D eigenvalue weighted by atomic mass is 16.5. The predicted molar refractivity (Wildman–Crippen MR) is 85.6 cm³/mol. The molecule has 2 rings (SSSR count). The summed E-state index contributed by atoms with van der Waals surface area (Å²) in [6, 6.07) is 6.60. The summed E-state index contributed by atoms with van der Waals surface area (Å²) in [7, 11) is 1.28. The molecule has 2 aromatic rings. The Morgan fingerprint density at radius 2 is 1.96 bits per heavy atom. The number of hydrogen-bond donors (Lipinski definition) is 2. The van der Waals surface area contributed by atoms with Crippen LogP contribution in [0.3, 0.4) is 0 Å². The number of carbonyl (C=O) groups excluding carboxylic acids is 2. The number of nitrogens with one attached hydrogen (secondary N) is 2. The third kappa shape index (κ3) is 3.68. The van der Waals surface area contributed by atoms with E-state index in [1.807, 2.05) is 6.92 Å². The zero-order valence-corrected chi connectivity index (χ0v) is 13.3. The second kappa shape index (κ2) is 6.95. The van der Waals surface area contributed by atoms with Crippen LogP contribution in [0.15, 0.2) is 29.1 Å². The number of ether oxygens (including phenoxy) is 1. The summed E-state index contributed by atoms with van der Waals surface area (Å²) in [5, 5.41) is 2.68. The quantitative estimate of drug-likeness (QED) is 0.819. The van der Waals surface area contributed by atoms with Gasteiger partial charge in [0.15, 0.2) is 0 Å². The van der Waals surface area contributed by atoms with Crippen LogP contribution in [0.1, 0.15) is 28.2 Å². The van der Waals surface area contributed by atoms with Gasteiger partial charge in [0.2, 0.25) is 5.91 Å². The summed E-state index contributed by atoms with van der Waals surface area (Å²) in [5.74, 6) is -0.805. The molecule has 1 aromatic carbocycles. The standard InChI is InChI=1S/C16H19N3O4/c1-10-11(2)19(16(22)17-10)9-8-14(20)18-13-7-5-4-6-12(13)15(21)23-3/h4-7H,8-9H2,1-3H3,(H,17,22)(H,18,20). The van der Waals surface area contributed by atoms with Gasteiger partial charge in [-0.2, -0.15) is 0 Å². The van der Waals surface area contributed by atoms with Gasteiger partial charge < -0.3 is 15.0 Å². The molecule has 122 valence electrons. The highest BCUT2D eigenvalue weighted by molar-refractivity contribution is 6.01. The van der Waals surface area contributed by atoms with E-state index in [0.717, 1.165) is 11.4 Å². The van der Waals surface area contributed by atoms with E-state index >= 15 is 0 Å². The third-order valence-electron chi connectivity index (χ3n) is 3.66. The number of carbonyl (C=O) groups is 2. The van der Waals surface area contributed by atoms with Crippen LogP contribution in [0.25, 0.3) is 0 Å². The Hall–Kier alpha value is -2.83. The number of H-pyrrole nitrogens is 1. The van der Waals surface area contributed by atoms with Crippen molar-refractivity contribution >= 4 is 17.6 Å². The molecule has 2 N–H and O–H groups in total. The summed E-state index contributed by atoms with van der Waals surface area (Å²) >= 11 is 0. The van der Waals surface area contributed by atoms with Crippen molar-refractivity contribution < 1.29 is 14.3 Å². The first-order valence-electron chi connectivity index (χ1n) is 7.17. The van der Waals surface area contributed by atoms with E-state index in [0.29, 0.717) is 5.69 Å². The average Bonchev–Trinajstić information content (AvgIpc) is 2.78. The van der Waals surface area contributed by atoms with Gasteiger partial charge in [-0.1, -0.05) is 12.1 Å². The molecule has 7 heteroatoms. The lowest BCUT2D eigenvalue weighted by molar-refractivity contribution is -0.116. The summed E-state index contributed by atoms with van der Waals surface area (Å²) in [5.41, 5.74) is 2.03. The van der Waals surface area contributed by atoms with Gasteiger partial charge in [-0.15, -0.1) is 0 Å². The van der Waals surface area contributed by atoms with Crippen LogP contribution in [-0.2, 0) is 16.1 Å². The second-order valence-corrected chi connectivity index (χ2v) is 5.13. The van der Waals surface area contributed by atoms with Gasteiger partial charge in [0.05, 0.1) is 18.4 Å². The van der Waals surface area contributed by atoms with Crippen molar-refractivity contribution in [2.75, 3.05) is 12.4 Å². The van der Waals surface area contributed by atoms with Crippen molar-refractivity contribution in [3.05, 3.63) is 51.7 Å². The Labute approximate surface area is 133 Å². The molecule has 0 saturated carbocycles. The number of aryl methyl sites for hydroxylation is 1. The average molecular weight is 317 g/mol. The number of aromatic nitrogens is 2. The number of benzene rings is 1. The van der Waals surface area contributed by atoms with Crippen LogP contribution >= 0.6 is 0 Å². The topological polar surface area (TPSA) is 93.2 Å². The highest BCUT2D eigenvalue weighted by Crippen LogP contribution is 2.16. The Morgan fingerprint density at radius 1 is 1.26 bits per heavy atom. The Bertz CT molecular complexity index is 789. The molecule has 1 aromatic heterocycles. The van der Waals surface area contributed by atoms with Crippen LogP contribution in [-0.4, -0.2) is 28.5 Å². The Balaban J connectivity index is 2.06. The number of nitrogens with zero attached hydrogens (tertiary/aromatic N) is 1. The number of anilines is 1. The maximum Gasteiger partial charge on any atom is 0.339 e. The molecule has 1 amide bonds. The molecule has 0 spiro atoms. The normalized spacial score (nSPS) is 10.4. The summed E-state index contributed by atoms with van der Waals surface area (Å²) in [6.45, 7) is 3.89. The molecule has 0 bridgehead atoms. The number of para-hydroxylation sites is 1. The maximum atomic E-state index is 12.1. The first-order chi connectivity index (χ1) is 10.9. The molecule has 7 nitrogen and oxygen atoms in total. The van der Waals surface area contributed by atoms with Gasteiger partial charge in [0.25, 0.3) is 0 Å². The van der Waals surface area contributed by atoms with E-state index in [-0.39, 0.29) is 30.1 Å². The minimum Gasteiger partial charge on any atom is -0.465 e. The van der Waals surface area contributed by atoms with E-state index in [4.69, 9.17) is 0 Å². The lowest BCUT2D eigenvalue weighted by atomic mass is 10.1. The molecule has 0 unspecified atom stereocenters. The van der Waals surface area contributed by atoms with Crippen molar-refractivity contribution in [2.24, 2.45) is 0 Å². The molecule has 0 fully saturated rings. The van der Waals surface area contributed by atoms with Crippen molar-refractivity contribution in [1.29, 1.82) is 0 Å². The van der Waals surface area contributed by atoms with Crippen LogP contribution in [0.4, 0.5) is 5.69 Å². The number of rotatable bonds is 5. The number of methoxy groups -OCH3 is 1. The largest absolute Gasteiger partial charge is 0.465 e. The molecule has 0 saturated heterocycles. The van der Waals surface area contributed by atoms with Gasteiger partial charge in [-0.25, -0.2) is 9.59 Å². The second-order valence-electron chi connectivity index (χ2n) is 5.13. The lowest BCUT2D eigenvalue weighted by Crippen LogP contribution is -2.22. The van der Waals surface area contributed by atoms with Gasteiger partial charge in [0, 0.05) is 24.4 Å². The molecule has 1 heterocycles. The molecular weight excluding hydrogens is 298 g/mol. The fourth-order valence-electron chi connectivity index (χ4n) is 2.25. The van der Waals surface area contributed by atoms with Crippen LogP contribution in [0.2, 0.25) is 0 Å². The van der Waals surface area contributed by atoms with Crippen molar-refractivity contribution in [3.63, 3.8) is 0 Å². The van der Waals surface area contributed by atoms with Gasteiger partial charge in [-0.3, -0.25) is 9.36 Å². The summed E-state index contributed by atoms with van der Waals surface area (Å²) in [4.78, 5) is 38.2. The van der Waals surface area contributed by atoms with Crippen LogP contribution in [0, 0.1) is 13.8 Å².